The fourth-order valence-electron chi connectivity index (χ4n) is 1.37. The Morgan fingerprint density at radius 3 is 3.00 bits per heavy atom. The molecule has 0 aromatic carbocycles. The predicted molar refractivity (Wildman–Crippen MR) is 43.0 cm³/mol. The zero-order valence-electron chi connectivity index (χ0n) is 6.98. The first kappa shape index (κ1) is 8.49. The summed E-state index contributed by atoms with van der Waals surface area (Å²) in [7, 11) is -3.57. The Kier molecular flexibility index (Phi) is 1.59. The molecule has 2 amide bonds. The topological polar surface area (TPSA) is 75.5 Å². The van der Waals surface area contributed by atoms with E-state index in [1.54, 1.807) is 0 Å². The second kappa shape index (κ2) is 2.44. The number of carbonyl (C=O) groups is 1. The molecule has 0 aromatic rings. The van der Waals surface area contributed by atoms with Gasteiger partial charge in [0.2, 0.25) is 0 Å². The van der Waals surface area contributed by atoms with Gasteiger partial charge in [-0.3, -0.25) is 0 Å². The van der Waals surface area contributed by atoms with Crippen LogP contribution in [0.15, 0.2) is 0 Å². The third-order valence-corrected chi connectivity index (χ3v) is 3.71. The van der Waals surface area contributed by atoms with E-state index in [4.69, 9.17) is 4.74 Å². The third-order valence-electron chi connectivity index (χ3n) is 2.12. The summed E-state index contributed by atoms with van der Waals surface area (Å²) in [6.07, 6.45) is 0. The first-order chi connectivity index (χ1) is 6.02. The number of urea groups is 1. The van der Waals surface area contributed by atoms with Crippen molar-refractivity contribution in [1.82, 2.24) is 4.72 Å². The molecule has 0 bridgehead atoms. The van der Waals surface area contributed by atoms with Crippen LogP contribution in [0.5, 0.6) is 0 Å². The Labute approximate surface area is 75.2 Å². The van der Waals surface area contributed by atoms with Crippen LogP contribution in [0.2, 0.25) is 0 Å². The van der Waals surface area contributed by atoms with E-state index in [1.807, 2.05) is 4.72 Å². The Morgan fingerprint density at radius 1 is 1.62 bits per heavy atom. The van der Waals surface area contributed by atoms with Crippen LogP contribution in [-0.4, -0.2) is 43.3 Å². The van der Waals surface area contributed by atoms with Crippen LogP contribution < -0.4 is 4.72 Å². The van der Waals surface area contributed by atoms with Gasteiger partial charge in [-0.15, -0.1) is 4.72 Å². The molecule has 0 radical (unpaired) electrons. The number of amides is 2. The molecule has 0 aliphatic carbocycles. The van der Waals surface area contributed by atoms with Gasteiger partial charge in [0, 0.05) is 0 Å². The molecule has 2 aliphatic heterocycles. The summed E-state index contributed by atoms with van der Waals surface area (Å²) in [5, 5.41) is -0.785. The lowest BCUT2D eigenvalue weighted by Crippen LogP contribution is -2.52. The minimum Gasteiger partial charge on any atom is -0.460 e. The largest absolute Gasteiger partial charge is 0.509 e. The van der Waals surface area contributed by atoms with Crippen molar-refractivity contribution in [2.75, 3.05) is 13.2 Å². The Bertz CT molecular complexity index is 397. The third kappa shape index (κ3) is 1.11. The van der Waals surface area contributed by atoms with E-state index >= 15 is 0 Å². The summed E-state index contributed by atoms with van der Waals surface area (Å²) in [6.45, 7) is 2.27. The highest BCUT2D eigenvalue weighted by Crippen LogP contribution is 2.12. The highest BCUT2D eigenvalue weighted by molar-refractivity contribution is 7.91. The lowest BCUT2D eigenvalue weighted by molar-refractivity contribution is -0.418. The van der Waals surface area contributed by atoms with Gasteiger partial charge < -0.3 is 4.74 Å². The second-order valence-corrected chi connectivity index (χ2v) is 4.93. The maximum Gasteiger partial charge on any atom is 0.509 e. The fourth-order valence-corrected chi connectivity index (χ4v) is 2.36. The molecule has 1 unspecified atom stereocenters. The summed E-state index contributed by atoms with van der Waals surface area (Å²) < 4.78 is 30.9. The smallest absolute Gasteiger partial charge is 0.460 e. The zero-order valence-corrected chi connectivity index (χ0v) is 7.80. The van der Waals surface area contributed by atoms with Crippen molar-refractivity contribution in [3.8, 4) is 0 Å². The first-order valence-corrected chi connectivity index (χ1v) is 5.40. The molecule has 0 fully saturated rings. The Morgan fingerprint density at radius 2 is 2.31 bits per heavy atom. The van der Waals surface area contributed by atoms with Crippen LogP contribution in [0.4, 0.5) is 4.79 Å². The van der Waals surface area contributed by atoms with Crippen LogP contribution in [0, 0.1) is 0 Å². The number of nitrogens with zero attached hydrogens (tertiary/aromatic N) is 1. The molecule has 7 heteroatoms. The molecular formula is C6H9N2O4S+. The maximum absolute atomic E-state index is 11.3. The normalized spacial score (nSPS) is 30.8. The number of nitrogens with one attached hydrogen (secondary N) is 1. The van der Waals surface area contributed by atoms with Crippen molar-refractivity contribution in [3.05, 3.63) is 0 Å². The molecule has 2 rings (SSSR count). The molecule has 72 valence electrons. The van der Waals surface area contributed by atoms with Gasteiger partial charge in [0.1, 0.15) is 13.2 Å². The minimum absolute atomic E-state index is 0.240. The number of hydrogen-bond acceptors (Lipinski definition) is 4. The average molecular weight is 205 g/mol. The lowest BCUT2D eigenvalue weighted by atomic mass is 10.4. The number of rotatable bonds is 0. The van der Waals surface area contributed by atoms with Gasteiger partial charge in [0.25, 0.3) is 5.90 Å². The molecule has 0 aromatic heterocycles. The number of hydrogen-bond donors (Lipinski definition) is 1. The van der Waals surface area contributed by atoms with E-state index < -0.39 is 21.3 Å². The van der Waals surface area contributed by atoms with Gasteiger partial charge in [0.05, 0.1) is 0 Å². The van der Waals surface area contributed by atoms with Crippen molar-refractivity contribution in [1.29, 1.82) is 0 Å². The van der Waals surface area contributed by atoms with Crippen LogP contribution >= 0.6 is 0 Å². The Hall–Kier alpha value is -1.11. The van der Waals surface area contributed by atoms with E-state index in [9.17, 15) is 13.2 Å². The number of carbonyl (C=O) groups excluding carboxylic acids is 1. The van der Waals surface area contributed by atoms with Gasteiger partial charge in [-0.25, -0.2) is 0 Å². The van der Waals surface area contributed by atoms with E-state index in [1.165, 1.54) is 11.5 Å². The molecule has 2 aliphatic rings. The van der Waals surface area contributed by atoms with E-state index in [2.05, 4.69) is 0 Å². The Balaban J connectivity index is 2.53. The maximum atomic E-state index is 11.3. The average Bonchev–Trinajstić information content (AvgIpc) is 2.47. The molecule has 0 spiro atoms. The molecule has 6 nitrogen and oxygen atoms in total. The summed E-state index contributed by atoms with van der Waals surface area (Å²) in [5.41, 5.74) is 0. The van der Waals surface area contributed by atoms with Crippen molar-refractivity contribution in [3.63, 3.8) is 0 Å². The van der Waals surface area contributed by atoms with Gasteiger partial charge in [-0.05, 0) is 6.92 Å². The highest BCUT2D eigenvalue weighted by atomic mass is 32.2. The standard InChI is InChI=1S/C6H8N2O4S/c1-4-5-8(2-3-12-5)6(9)7-13(4,10)11/h4H,2-3H2,1H3/p+1. The molecule has 1 atom stereocenters. The predicted octanol–water partition coefficient (Wildman–Crippen LogP) is -1.13. The molecule has 0 saturated carbocycles. The molecule has 0 saturated heterocycles. The monoisotopic (exact) mass is 205 g/mol. The van der Waals surface area contributed by atoms with Gasteiger partial charge >= 0.3 is 16.1 Å². The number of sulfonamides is 1. The van der Waals surface area contributed by atoms with Crippen LogP contribution in [0.3, 0.4) is 0 Å². The van der Waals surface area contributed by atoms with Crippen molar-refractivity contribution < 1.29 is 22.5 Å². The lowest BCUT2D eigenvalue weighted by Gasteiger charge is -2.13. The summed E-state index contributed by atoms with van der Waals surface area (Å²) in [6, 6.07) is -0.620. The quantitative estimate of drug-likeness (QED) is 0.508. The first-order valence-electron chi connectivity index (χ1n) is 3.85. The number of ether oxygens (including phenoxy) is 1. The molecule has 13 heavy (non-hydrogen) atoms. The van der Waals surface area contributed by atoms with Crippen LogP contribution in [0.1, 0.15) is 6.92 Å². The van der Waals surface area contributed by atoms with Crippen LogP contribution in [-0.2, 0) is 14.8 Å². The minimum atomic E-state index is -3.57. The second-order valence-electron chi connectivity index (χ2n) is 2.93. The van der Waals surface area contributed by atoms with E-state index in [-0.39, 0.29) is 5.90 Å². The van der Waals surface area contributed by atoms with Crippen molar-refractivity contribution >= 4 is 22.0 Å². The summed E-state index contributed by atoms with van der Waals surface area (Å²) in [4.78, 5) is 11.2. The van der Waals surface area contributed by atoms with E-state index in [0.717, 1.165) is 0 Å². The molecular weight excluding hydrogens is 196 g/mol. The summed E-state index contributed by atoms with van der Waals surface area (Å²) >= 11 is 0. The van der Waals surface area contributed by atoms with E-state index in [0.29, 0.717) is 13.2 Å². The van der Waals surface area contributed by atoms with Gasteiger partial charge in [-0.1, -0.05) is 0 Å². The van der Waals surface area contributed by atoms with Gasteiger partial charge in [-0.2, -0.15) is 17.8 Å². The SMILES string of the molecule is CC1C2=[N+](CCO2)C(=O)NS1(=O)=O. The van der Waals surface area contributed by atoms with Gasteiger partial charge in [0.15, 0.2) is 5.25 Å². The van der Waals surface area contributed by atoms with Crippen molar-refractivity contribution in [2.24, 2.45) is 0 Å². The highest BCUT2D eigenvalue weighted by Gasteiger charge is 2.47. The molecule has 2 heterocycles. The summed E-state index contributed by atoms with van der Waals surface area (Å²) in [5.74, 6) is 0.240. The van der Waals surface area contributed by atoms with Crippen LogP contribution in [0.25, 0.3) is 0 Å². The van der Waals surface area contributed by atoms with Crippen molar-refractivity contribution in [2.45, 2.75) is 12.2 Å². The molecule has 1 N–H and O–H groups in total. The fraction of sp³-hybridized carbons (Fsp3) is 0.667. The zero-order chi connectivity index (χ0) is 9.64.